The first kappa shape index (κ1) is 11.0. The highest BCUT2D eigenvalue weighted by atomic mass is 127. The third-order valence-electron chi connectivity index (χ3n) is 1.41. The quantitative estimate of drug-likeness (QED) is 0.421. The Kier molecular flexibility index (Phi) is 7.36. The number of aliphatic hydroxyl groups excluding tert-OH is 1. The summed E-state index contributed by atoms with van der Waals surface area (Å²) in [5.74, 6) is 3.32. The molecule has 1 N–H and O–H groups in total. The first-order chi connectivity index (χ1) is 4.43. The van der Waals surface area contributed by atoms with Crippen LogP contribution in [0.3, 0.4) is 0 Å². The smallest absolute Gasteiger partial charge is 0.131 e. The van der Waals surface area contributed by atoms with E-state index in [0.717, 1.165) is 19.0 Å². The molecule has 1 aliphatic heterocycles. The van der Waals surface area contributed by atoms with Crippen molar-refractivity contribution >= 4 is 10.9 Å². The molecule has 0 aromatic rings. The van der Waals surface area contributed by atoms with E-state index >= 15 is 0 Å². The van der Waals surface area contributed by atoms with Crippen molar-refractivity contribution in [3.05, 3.63) is 0 Å². The molecule has 0 radical (unpaired) electrons. The molecule has 1 fully saturated rings. The van der Waals surface area contributed by atoms with E-state index in [1.165, 1.54) is 11.5 Å². The largest absolute Gasteiger partial charge is 1.00 e. The lowest BCUT2D eigenvalue weighted by molar-refractivity contribution is -0.00000386. The third kappa shape index (κ3) is 4.00. The molecule has 0 spiro atoms. The van der Waals surface area contributed by atoms with Gasteiger partial charge in [-0.3, -0.25) is 0 Å². The minimum absolute atomic E-state index is 0. The predicted molar refractivity (Wildman–Crippen MR) is 39.9 cm³/mol. The van der Waals surface area contributed by atoms with Crippen LogP contribution in [0.5, 0.6) is 0 Å². The number of halogens is 1. The molecule has 0 aliphatic carbocycles. The zero-order valence-electron chi connectivity index (χ0n) is 5.88. The molecule has 0 bridgehead atoms. The van der Waals surface area contributed by atoms with Crippen LogP contribution in [0.4, 0.5) is 0 Å². The van der Waals surface area contributed by atoms with E-state index in [-0.39, 0.29) is 24.0 Å². The molecule has 1 heterocycles. The van der Waals surface area contributed by atoms with Crippen molar-refractivity contribution in [2.45, 2.75) is 0 Å². The van der Waals surface area contributed by atoms with E-state index < -0.39 is 0 Å². The van der Waals surface area contributed by atoms with Gasteiger partial charge in [0.15, 0.2) is 0 Å². The Morgan fingerprint density at radius 1 is 1.30 bits per heavy atom. The van der Waals surface area contributed by atoms with Gasteiger partial charge in [0.25, 0.3) is 0 Å². The van der Waals surface area contributed by atoms with Crippen LogP contribution in [0.1, 0.15) is 0 Å². The maximum Gasteiger partial charge on any atom is 0.131 e. The molecule has 0 saturated carbocycles. The maximum absolute atomic E-state index is 8.58. The molecule has 0 atom stereocenters. The summed E-state index contributed by atoms with van der Waals surface area (Å²) >= 11 is 0. The summed E-state index contributed by atoms with van der Waals surface area (Å²) in [4.78, 5) is 0. The molecule has 2 nitrogen and oxygen atoms in total. The molecule has 0 unspecified atom stereocenters. The Morgan fingerprint density at radius 3 is 2.40 bits per heavy atom. The Balaban J connectivity index is 0.000000810. The SMILES string of the molecule is OCC[S+]1CCOCC1.[I-]. The number of rotatable bonds is 2. The van der Waals surface area contributed by atoms with Crippen molar-refractivity contribution in [3.63, 3.8) is 0 Å². The summed E-state index contributed by atoms with van der Waals surface area (Å²) in [6.45, 7) is 2.16. The third-order valence-corrected chi connectivity index (χ3v) is 3.66. The van der Waals surface area contributed by atoms with E-state index in [1.54, 1.807) is 0 Å². The summed E-state index contributed by atoms with van der Waals surface area (Å²) in [6.07, 6.45) is 0. The molecule has 1 aliphatic rings. The predicted octanol–water partition coefficient (Wildman–Crippen LogP) is -3.37. The number of hydrogen-bond acceptors (Lipinski definition) is 2. The average Bonchev–Trinajstić information content (AvgIpc) is 1.91. The van der Waals surface area contributed by atoms with Crippen LogP contribution in [0.2, 0.25) is 0 Å². The topological polar surface area (TPSA) is 29.5 Å². The van der Waals surface area contributed by atoms with Crippen molar-refractivity contribution in [2.75, 3.05) is 37.1 Å². The van der Waals surface area contributed by atoms with E-state index in [2.05, 4.69) is 0 Å². The Labute approximate surface area is 81.7 Å². The van der Waals surface area contributed by atoms with Crippen molar-refractivity contribution in [1.82, 2.24) is 0 Å². The van der Waals surface area contributed by atoms with Crippen LogP contribution < -0.4 is 24.0 Å². The molecule has 4 heteroatoms. The molecule has 0 aromatic carbocycles. The van der Waals surface area contributed by atoms with Crippen LogP contribution in [-0.2, 0) is 15.6 Å². The van der Waals surface area contributed by atoms with Gasteiger partial charge < -0.3 is 33.8 Å². The molecule has 10 heavy (non-hydrogen) atoms. The van der Waals surface area contributed by atoms with Gasteiger partial charge in [-0.25, -0.2) is 0 Å². The summed E-state index contributed by atoms with van der Waals surface area (Å²) < 4.78 is 5.17. The number of aliphatic hydroxyl groups is 1. The summed E-state index contributed by atoms with van der Waals surface area (Å²) in [5.41, 5.74) is 0. The molecule has 0 amide bonds. The summed E-state index contributed by atoms with van der Waals surface area (Å²) in [7, 11) is 0.480. The van der Waals surface area contributed by atoms with Crippen molar-refractivity contribution < 1.29 is 33.8 Å². The van der Waals surface area contributed by atoms with Crippen LogP contribution in [-0.4, -0.2) is 42.2 Å². The van der Waals surface area contributed by atoms with Gasteiger partial charge in [0, 0.05) is 0 Å². The van der Waals surface area contributed by atoms with Gasteiger partial charge >= 0.3 is 0 Å². The lowest BCUT2D eigenvalue weighted by Gasteiger charge is -2.12. The second kappa shape index (κ2) is 6.69. The molecule has 0 aromatic heterocycles. The standard InChI is InChI=1S/C6H13O2S.HI/c7-1-4-9-5-2-8-3-6-9;/h7H,1-6H2;1H/q+1;/p-1. The Hall–Kier alpha value is 1.00. The van der Waals surface area contributed by atoms with E-state index in [0.29, 0.717) is 17.5 Å². The van der Waals surface area contributed by atoms with Crippen LogP contribution in [0.25, 0.3) is 0 Å². The van der Waals surface area contributed by atoms with Gasteiger partial charge in [-0.1, -0.05) is 0 Å². The maximum atomic E-state index is 8.58. The highest BCUT2D eigenvalue weighted by Gasteiger charge is 2.20. The second-order valence-electron chi connectivity index (χ2n) is 2.06. The molecular weight excluding hydrogens is 263 g/mol. The normalized spacial score (nSPS) is 20.1. The van der Waals surface area contributed by atoms with Crippen molar-refractivity contribution in [1.29, 1.82) is 0 Å². The molecule has 1 rings (SSSR count). The Morgan fingerprint density at radius 2 is 1.90 bits per heavy atom. The fraction of sp³-hybridized carbons (Fsp3) is 1.00. The highest BCUT2D eigenvalue weighted by Crippen LogP contribution is 2.02. The first-order valence-corrected chi connectivity index (χ1v) is 4.99. The summed E-state index contributed by atoms with van der Waals surface area (Å²) in [5, 5.41) is 8.58. The van der Waals surface area contributed by atoms with Gasteiger partial charge in [0.05, 0.1) is 19.8 Å². The van der Waals surface area contributed by atoms with Gasteiger partial charge in [-0.2, -0.15) is 0 Å². The van der Waals surface area contributed by atoms with Crippen LogP contribution in [0.15, 0.2) is 0 Å². The first-order valence-electron chi connectivity index (χ1n) is 3.26. The second-order valence-corrected chi connectivity index (χ2v) is 4.51. The van der Waals surface area contributed by atoms with Gasteiger partial charge in [0.1, 0.15) is 17.3 Å². The summed E-state index contributed by atoms with van der Waals surface area (Å²) in [6, 6.07) is 0. The van der Waals surface area contributed by atoms with E-state index in [9.17, 15) is 0 Å². The fourth-order valence-corrected chi connectivity index (χ4v) is 2.47. The van der Waals surface area contributed by atoms with E-state index in [4.69, 9.17) is 9.84 Å². The van der Waals surface area contributed by atoms with E-state index in [1.807, 2.05) is 0 Å². The van der Waals surface area contributed by atoms with Gasteiger partial charge in [-0.15, -0.1) is 0 Å². The number of ether oxygens (including phenoxy) is 1. The van der Waals surface area contributed by atoms with Crippen LogP contribution >= 0.6 is 0 Å². The lowest BCUT2D eigenvalue weighted by Crippen LogP contribution is -3.00. The average molecular weight is 276 g/mol. The minimum atomic E-state index is 0. The van der Waals surface area contributed by atoms with Gasteiger partial charge in [0.2, 0.25) is 0 Å². The molecule has 62 valence electrons. The fourth-order valence-electron chi connectivity index (χ4n) is 0.891. The van der Waals surface area contributed by atoms with Crippen LogP contribution in [0, 0.1) is 0 Å². The lowest BCUT2D eigenvalue weighted by atomic mass is 10.8. The monoisotopic (exact) mass is 276 g/mol. The van der Waals surface area contributed by atoms with Crippen molar-refractivity contribution in [2.24, 2.45) is 0 Å². The zero-order chi connectivity index (χ0) is 6.53. The molecular formula is C6H13IO2S. The number of hydrogen-bond donors (Lipinski definition) is 1. The van der Waals surface area contributed by atoms with Crippen molar-refractivity contribution in [3.8, 4) is 0 Å². The minimum Gasteiger partial charge on any atom is -1.00 e. The Bertz CT molecular complexity index is 73.4. The van der Waals surface area contributed by atoms with Gasteiger partial charge in [-0.05, 0) is 10.9 Å². The highest BCUT2D eigenvalue weighted by molar-refractivity contribution is 7.96. The zero-order valence-corrected chi connectivity index (χ0v) is 8.86. The molecule has 1 saturated heterocycles.